The van der Waals surface area contributed by atoms with Crippen molar-refractivity contribution in [2.45, 2.75) is 20.8 Å². The zero-order valence-corrected chi connectivity index (χ0v) is 13.8. The Bertz CT molecular complexity index is 704. The van der Waals surface area contributed by atoms with E-state index in [0.717, 1.165) is 0 Å². The average molecular weight is 357 g/mol. The number of ether oxygens (including phenoxy) is 2. The lowest BCUT2D eigenvalue weighted by Gasteiger charge is -2.23. The van der Waals surface area contributed by atoms with E-state index in [1.165, 1.54) is 13.8 Å². The average Bonchev–Trinajstić information content (AvgIpc) is 2.51. The quantitative estimate of drug-likeness (QED) is 0.431. The van der Waals surface area contributed by atoms with Crippen molar-refractivity contribution < 1.29 is 23.9 Å². The van der Waals surface area contributed by atoms with Crippen LogP contribution in [-0.4, -0.2) is 41.3 Å². The van der Waals surface area contributed by atoms with E-state index in [4.69, 9.17) is 10.5 Å². The van der Waals surface area contributed by atoms with Crippen molar-refractivity contribution in [3.05, 3.63) is 10.4 Å². The molecule has 0 aromatic carbocycles. The maximum atomic E-state index is 12.2. The molecule has 3 amide bonds. The fourth-order valence-electron chi connectivity index (χ4n) is 1.56. The number of rotatable bonds is 5. The first-order valence-corrected chi connectivity index (χ1v) is 7.12. The van der Waals surface area contributed by atoms with E-state index >= 15 is 0 Å². The van der Waals surface area contributed by atoms with Crippen LogP contribution in [-0.2, 0) is 14.3 Å². The maximum Gasteiger partial charge on any atom is 0.433 e. The Kier molecular flexibility index (Phi) is 6.99. The predicted molar refractivity (Wildman–Crippen MR) is 86.4 cm³/mol. The van der Waals surface area contributed by atoms with Gasteiger partial charge in [0.2, 0.25) is 11.9 Å². The van der Waals surface area contributed by atoms with Crippen LogP contribution in [0.2, 0.25) is 0 Å². The minimum absolute atomic E-state index is 0.0237. The van der Waals surface area contributed by atoms with Gasteiger partial charge in [-0.05, 0) is 13.8 Å². The summed E-state index contributed by atoms with van der Waals surface area (Å²) < 4.78 is 9.47. The van der Waals surface area contributed by atoms with Crippen molar-refractivity contribution in [3.63, 3.8) is 0 Å². The van der Waals surface area contributed by atoms with E-state index in [0.29, 0.717) is 5.01 Å². The number of hydrogen-bond donors (Lipinski definition) is 5. The molecule has 0 aliphatic carbocycles. The Morgan fingerprint density at radius 1 is 1.24 bits per heavy atom. The molecule has 0 aliphatic heterocycles. The van der Waals surface area contributed by atoms with Gasteiger partial charge in [-0.2, -0.15) is 9.99 Å². The number of aromatic nitrogens is 2. The predicted octanol–water partition coefficient (Wildman–Crippen LogP) is -0.561. The molecular formula is C12H19N7O6. The van der Waals surface area contributed by atoms with Crippen LogP contribution in [0.1, 0.15) is 20.8 Å². The van der Waals surface area contributed by atoms with E-state index in [1.54, 1.807) is 6.92 Å². The Morgan fingerprint density at radius 3 is 2.44 bits per heavy atom. The van der Waals surface area contributed by atoms with Crippen molar-refractivity contribution in [2.24, 2.45) is 0 Å². The molecule has 13 nitrogen and oxygen atoms in total. The number of nitrogens with two attached hydrogens (primary N) is 1. The van der Waals surface area contributed by atoms with Crippen molar-refractivity contribution in [1.82, 2.24) is 20.8 Å². The van der Waals surface area contributed by atoms with E-state index in [9.17, 15) is 19.2 Å². The van der Waals surface area contributed by atoms with Crippen LogP contribution >= 0.6 is 0 Å². The topological polar surface area (TPSA) is 181 Å². The van der Waals surface area contributed by atoms with E-state index in [1.807, 2.05) is 0 Å². The first kappa shape index (κ1) is 19.5. The van der Waals surface area contributed by atoms with Crippen LogP contribution in [0.4, 0.5) is 27.0 Å². The van der Waals surface area contributed by atoms with E-state index < -0.39 is 29.3 Å². The van der Waals surface area contributed by atoms with Crippen molar-refractivity contribution in [1.29, 1.82) is 0 Å². The smallest absolute Gasteiger partial charge is 0.433 e. The monoisotopic (exact) mass is 357 g/mol. The minimum Gasteiger partial charge on any atom is -0.449 e. The second kappa shape index (κ2) is 8.95. The Hall–Kier alpha value is -3.51. The molecule has 25 heavy (non-hydrogen) atoms. The molecule has 6 N–H and O–H groups in total. The minimum atomic E-state index is -1.08. The molecule has 0 unspecified atom stereocenters. The number of amides is 3. The molecular weight excluding hydrogens is 338 g/mol. The number of hydrogen-bond acceptors (Lipinski definition) is 9. The van der Waals surface area contributed by atoms with Crippen molar-refractivity contribution >= 4 is 35.5 Å². The molecule has 13 heteroatoms. The van der Waals surface area contributed by atoms with Crippen LogP contribution in [0.5, 0.6) is 0 Å². The number of nitrogens with one attached hydrogen (secondary N) is 4. The number of anilines is 3. The third kappa shape index (κ3) is 5.56. The summed E-state index contributed by atoms with van der Waals surface area (Å²) in [4.78, 5) is 53.0. The molecule has 0 bridgehead atoms. The normalized spacial score (nSPS) is 9.72. The third-order valence-electron chi connectivity index (χ3n) is 2.42. The lowest BCUT2D eigenvalue weighted by molar-refractivity contribution is -0.118. The number of H-pyrrole nitrogens is 1. The molecule has 1 heterocycles. The van der Waals surface area contributed by atoms with E-state index in [2.05, 4.69) is 31.0 Å². The fraction of sp³-hybridized carbons (Fsp3) is 0.417. The highest BCUT2D eigenvalue weighted by molar-refractivity contribution is 5.93. The summed E-state index contributed by atoms with van der Waals surface area (Å²) >= 11 is 0. The summed E-state index contributed by atoms with van der Waals surface area (Å²) in [5, 5.41) is 0.483. The Labute approximate surface area is 141 Å². The van der Waals surface area contributed by atoms with Crippen LogP contribution in [0.25, 0.3) is 0 Å². The van der Waals surface area contributed by atoms with Crippen LogP contribution in [0.3, 0.4) is 0 Å². The molecule has 0 fully saturated rings. The number of carbonyl (C=O) groups excluding carboxylic acids is 3. The summed E-state index contributed by atoms with van der Waals surface area (Å²) in [6.07, 6.45) is -2.10. The molecule has 0 saturated carbocycles. The number of hydrazine groups is 2. The molecule has 1 rings (SSSR count). The highest BCUT2D eigenvalue weighted by Gasteiger charge is 2.27. The van der Waals surface area contributed by atoms with Crippen molar-refractivity contribution in [2.75, 3.05) is 29.4 Å². The van der Waals surface area contributed by atoms with Crippen LogP contribution in [0, 0.1) is 0 Å². The molecule has 1 aromatic heterocycles. The van der Waals surface area contributed by atoms with E-state index in [-0.39, 0.29) is 25.0 Å². The third-order valence-corrected chi connectivity index (χ3v) is 2.42. The number of aromatic amines is 1. The second-order valence-corrected chi connectivity index (χ2v) is 4.32. The zero-order valence-electron chi connectivity index (χ0n) is 13.8. The van der Waals surface area contributed by atoms with Gasteiger partial charge in [-0.1, -0.05) is 0 Å². The van der Waals surface area contributed by atoms with Gasteiger partial charge >= 0.3 is 12.2 Å². The van der Waals surface area contributed by atoms with Crippen molar-refractivity contribution in [3.8, 4) is 0 Å². The van der Waals surface area contributed by atoms with Gasteiger partial charge in [0, 0.05) is 6.92 Å². The lowest BCUT2D eigenvalue weighted by atomic mass is 10.4. The van der Waals surface area contributed by atoms with Crippen LogP contribution in [0.15, 0.2) is 4.79 Å². The van der Waals surface area contributed by atoms with Gasteiger partial charge in [-0.15, -0.1) is 0 Å². The summed E-state index contributed by atoms with van der Waals surface area (Å²) in [6.45, 7) is 4.27. The van der Waals surface area contributed by atoms with Gasteiger partial charge in [0.15, 0.2) is 11.5 Å². The first-order valence-electron chi connectivity index (χ1n) is 7.12. The molecule has 0 saturated heterocycles. The number of nitrogens with zero attached hydrogens (tertiary/aromatic N) is 2. The summed E-state index contributed by atoms with van der Waals surface area (Å²) in [6, 6.07) is 0. The molecule has 0 aliphatic rings. The number of carbonyl (C=O) groups is 3. The first-order chi connectivity index (χ1) is 11.8. The molecule has 0 atom stereocenters. The molecule has 1 aromatic rings. The van der Waals surface area contributed by atoms with Gasteiger partial charge in [0.1, 0.15) is 0 Å². The second-order valence-electron chi connectivity index (χ2n) is 4.32. The molecule has 0 radical (unpaired) electrons. The summed E-state index contributed by atoms with van der Waals surface area (Å²) in [5.74, 6) is -1.10. The number of nitrogen functional groups attached to an aromatic ring is 1. The summed E-state index contributed by atoms with van der Waals surface area (Å²) in [7, 11) is 0. The largest absolute Gasteiger partial charge is 0.449 e. The van der Waals surface area contributed by atoms with Gasteiger partial charge in [0.25, 0.3) is 5.56 Å². The molecule has 138 valence electrons. The highest BCUT2D eigenvalue weighted by Crippen LogP contribution is 2.18. The molecule has 0 spiro atoms. The Morgan fingerprint density at radius 2 is 1.88 bits per heavy atom. The van der Waals surface area contributed by atoms with Gasteiger partial charge in [-0.3, -0.25) is 25.4 Å². The van der Waals surface area contributed by atoms with Crippen LogP contribution < -0.4 is 32.6 Å². The summed E-state index contributed by atoms with van der Waals surface area (Å²) in [5.41, 5.74) is 10.6. The fourth-order valence-corrected chi connectivity index (χ4v) is 1.56. The SMILES string of the molecule is CCOC(=O)NN(C(=O)OCC)c1c(NNC(C)=O)nc(N)[nH]c1=O. The maximum absolute atomic E-state index is 12.2. The van der Waals surface area contributed by atoms with Gasteiger partial charge in [-0.25, -0.2) is 15.0 Å². The highest BCUT2D eigenvalue weighted by atomic mass is 16.6. The van der Waals surface area contributed by atoms with Gasteiger partial charge < -0.3 is 15.2 Å². The lowest BCUT2D eigenvalue weighted by Crippen LogP contribution is -2.50. The van der Waals surface area contributed by atoms with Gasteiger partial charge in [0.05, 0.1) is 13.2 Å². The standard InChI is InChI=1S/C12H19N7O6/c1-4-24-11(22)18-19(12(23)25-5-2)7-8(17-16-6(3)20)14-10(13)15-9(7)21/h4-5H2,1-3H3,(H,16,20)(H,18,22)(H4,13,14,15,17,21). The zero-order chi connectivity index (χ0) is 19.0. The Balaban J connectivity index is 3.34.